The van der Waals surface area contributed by atoms with Crippen molar-refractivity contribution in [3.63, 3.8) is 0 Å². The fourth-order valence-electron chi connectivity index (χ4n) is 3.75. The Hall–Kier alpha value is -2.57. The van der Waals surface area contributed by atoms with Gasteiger partial charge in [0.05, 0.1) is 23.5 Å². The molecule has 2 heterocycles. The molecule has 0 saturated carbocycles. The molecule has 136 valence electrons. The van der Waals surface area contributed by atoms with Crippen molar-refractivity contribution in [2.45, 2.75) is 31.6 Å². The van der Waals surface area contributed by atoms with E-state index >= 15 is 0 Å². The lowest BCUT2D eigenvalue weighted by molar-refractivity contribution is -0.137. The Kier molecular flexibility index (Phi) is 3.89. The highest BCUT2D eigenvalue weighted by molar-refractivity contribution is 6.06. The first-order chi connectivity index (χ1) is 12.3. The van der Waals surface area contributed by atoms with Gasteiger partial charge in [0.2, 0.25) is 5.91 Å². The Morgan fingerprint density at radius 2 is 1.88 bits per heavy atom. The highest BCUT2D eigenvalue weighted by Gasteiger charge is 2.42. The summed E-state index contributed by atoms with van der Waals surface area (Å²) in [5.74, 6) is -0.683. The minimum Gasteiger partial charge on any atom is -0.358 e. The number of fused-ring (bicyclic) bond motifs is 3. The van der Waals surface area contributed by atoms with Crippen LogP contribution in [0.5, 0.6) is 0 Å². The highest BCUT2D eigenvalue weighted by atomic mass is 19.4. The molecule has 0 bridgehead atoms. The molecular formula is C19H16F4N2O. The lowest BCUT2D eigenvalue weighted by Crippen LogP contribution is -2.50. The molecule has 2 aromatic carbocycles. The number of halogens is 4. The van der Waals surface area contributed by atoms with E-state index in [2.05, 4.69) is 0 Å². The molecule has 4 rings (SSSR count). The van der Waals surface area contributed by atoms with Crippen molar-refractivity contribution >= 4 is 17.3 Å². The summed E-state index contributed by atoms with van der Waals surface area (Å²) in [6.07, 6.45) is -3.02. The van der Waals surface area contributed by atoms with Crippen LogP contribution >= 0.6 is 0 Å². The molecule has 2 aliphatic rings. The van der Waals surface area contributed by atoms with Gasteiger partial charge in [0.15, 0.2) is 0 Å². The van der Waals surface area contributed by atoms with Crippen molar-refractivity contribution in [2.75, 3.05) is 16.3 Å². The molecule has 0 N–H and O–H groups in total. The molecule has 0 aliphatic carbocycles. The smallest absolute Gasteiger partial charge is 0.358 e. The standard InChI is InChI=1S/C19H16F4N2O/c20-14-4-1-3-12(9-14)11-25-17-10-13(19(21,22)23)6-7-15(17)24-8-2-5-16(24)18(25)26/h1,3-4,6-7,9-10,16H,2,5,8,11H2/t16-/m1/s1. The predicted octanol–water partition coefficient (Wildman–Crippen LogP) is 4.36. The van der Waals surface area contributed by atoms with E-state index in [1.54, 1.807) is 6.07 Å². The van der Waals surface area contributed by atoms with Gasteiger partial charge in [-0.2, -0.15) is 13.2 Å². The highest BCUT2D eigenvalue weighted by Crippen LogP contribution is 2.43. The molecule has 1 saturated heterocycles. The minimum absolute atomic E-state index is 0.0369. The van der Waals surface area contributed by atoms with E-state index in [0.717, 1.165) is 18.6 Å². The summed E-state index contributed by atoms with van der Waals surface area (Å²) in [5.41, 5.74) is 0.586. The number of alkyl halides is 3. The van der Waals surface area contributed by atoms with Crippen LogP contribution in [0, 0.1) is 5.82 Å². The lowest BCUT2D eigenvalue weighted by atomic mass is 10.0. The molecule has 7 heteroatoms. The minimum atomic E-state index is -4.50. The molecule has 0 spiro atoms. The van der Waals surface area contributed by atoms with Crippen molar-refractivity contribution in [1.29, 1.82) is 0 Å². The average Bonchev–Trinajstić information content (AvgIpc) is 3.07. The van der Waals surface area contributed by atoms with E-state index < -0.39 is 17.6 Å². The summed E-state index contributed by atoms with van der Waals surface area (Å²) in [5, 5.41) is 0. The lowest BCUT2D eigenvalue weighted by Gasteiger charge is -2.40. The van der Waals surface area contributed by atoms with Crippen LogP contribution in [0.15, 0.2) is 42.5 Å². The van der Waals surface area contributed by atoms with Gasteiger partial charge in [-0.05, 0) is 48.7 Å². The maximum absolute atomic E-state index is 13.5. The largest absolute Gasteiger partial charge is 0.416 e. The first-order valence-corrected chi connectivity index (χ1v) is 8.38. The molecule has 2 aromatic rings. The van der Waals surface area contributed by atoms with Crippen molar-refractivity contribution in [3.05, 3.63) is 59.4 Å². The summed E-state index contributed by atoms with van der Waals surface area (Å²) in [6.45, 7) is 0.678. The predicted molar refractivity (Wildman–Crippen MR) is 89.4 cm³/mol. The fraction of sp³-hybridized carbons (Fsp3) is 0.316. The van der Waals surface area contributed by atoms with Gasteiger partial charge in [-0.1, -0.05) is 12.1 Å². The van der Waals surface area contributed by atoms with Gasteiger partial charge < -0.3 is 9.80 Å². The molecule has 26 heavy (non-hydrogen) atoms. The van der Waals surface area contributed by atoms with Crippen LogP contribution in [0.1, 0.15) is 24.0 Å². The zero-order valence-electron chi connectivity index (χ0n) is 13.8. The Labute approximate surface area is 147 Å². The summed E-state index contributed by atoms with van der Waals surface area (Å²) >= 11 is 0. The first-order valence-electron chi connectivity index (χ1n) is 8.38. The molecule has 0 radical (unpaired) electrons. The van der Waals surface area contributed by atoms with E-state index in [1.807, 2.05) is 4.90 Å². The van der Waals surface area contributed by atoms with E-state index in [-0.39, 0.29) is 24.2 Å². The topological polar surface area (TPSA) is 23.6 Å². The van der Waals surface area contributed by atoms with E-state index in [4.69, 9.17) is 0 Å². The van der Waals surface area contributed by atoms with Crippen LogP contribution in [0.25, 0.3) is 0 Å². The molecule has 3 nitrogen and oxygen atoms in total. The second-order valence-corrected chi connectivity index (χ2v) is 6.61. The Morgan fingerprint density at radius 3 is 2.62 bits per heavy atom. The van der Waals surface area contributed by atoms with E-state index in [9.17, 15) is 22.4 Å². The molecule has 0 unspecified atom stereocenters. The monoisotopic (exact) mass is 364 g/mol. The van der Waals surface area contributed by atoms with Gasteiger partial charge in [-0.3, -0.25) is 4.79 Å². The third-order valence-corrected chi connectivity index (χ3v) is 4.94. The van der Waals surface area contributed by atoms with Crippen molar-refractivity contribution in [3.8, 4) is 0 Å². The summed E-state index contributed by atoms with van der Waals surface area (Å²) in [4.78, 5) is 16.2. The quantitative estimate of drug-likeness (QED) is 0.740. The molecule has 1 amide bonds. The molecule has 1 atom stereocenters. The number of carbonyl (C=O) groups is 1. The first kappa shape index (κ1) is 16.9. The SMILES string of the molecule is O=C1[C@H]2CCCN2c2ccc(C(F)(F)F)cc2N1Cc1cccc(F)c1. The maximum Gasteiger partial charge on any atom is 0.416 e. The molecule has 2 aliphatic heterocycles. The number of anilines is 2. The molecular weight excluding hydrogens is 348 g/mol. The van der Waals surface area contributed by atoms with Gasteiger partial charge in [0.1, 0.15) is 11.9 Å². The molecule has 1 fully saturated rings. The summed E-state index contributed by atoms with van der Waals surface area (Å²) in [6, 6.07) is 8.89. The average molecular weight is 364 g/mol. The number of hydrogen-bond donors (Lipinski definition) is 0. The van der Waals surface area contributed by atoms with Crippen LogP contribution in [-0.4, -0.2) is 18.5 Å². The second-order valence-electron chi connectivity index (χ2n) is 6.61. The van der Waals surface area contributed by atoms with Gasteiger partial charge in [0, 0.05) is 6.54 Å². The number of amides is 1. The number of nitrogens with zero attached hydrogens (tertiary/aromatic N) is 2. The van der Waals surface area contributed by atoms with Crippen LogP contribution in [0.2, 0.25) is 0 Å². The Morgan fingerprint density at radius 1 is 1.08 bits per heavy atom. The third kappa shape index (κ3) is 2.81. The van der Waals surface area contributed by atoms with Crippen molar-refractivity contribution in [1.82, 2.24) is 0 Å². The number of carbonyl (C=O) groups excluding carboxylic acids is 1. The van der Waals surface area contributed by atoms with Crippen LogP contribution in [-0.2, 0) is 17.5 Å². The van der Waals surface area contributed by atoms with Gasteiger partial charge in [0.25, 0.3) is 0 Å². The fourth-order valence-corrected chi connectivity index (χ4v) is 3.75. The maximum atomic E-state index is 13.5. The van der Waals surface area contributed by atoms with Crippen LogP contribution in [0.4, 0.5) is 28.9 Å². The Bertz CT molecular complexity index is 865. The van der Waals surface area contributed by atoms with Crippen molar-refractivity contribution < 1.29 is 22.4 Å². The van der Waals surface area contributed by atoms with Gasteiger partial charge in [-0.15, -0.1) is 0 Å². The number of hydrogen-bond acceptors (Lipinski definition) is 2. The van der Waals surface area contributed by atoms with E-state index in [1.165, 1.54) is 29.2 Å². The number of benzene rings is 2. The Balaban J connectivity index is 1.80. The molecule has 0 aromatic heterocycles. The normalized spacial score (nSPS) is 19.5. The zero-order chi connectivity index (χ0) is 18.5. The second kappa shape index (κ2) is 6.00. The van der Waals surface area contributed by atoms with Crippen LogP contribution < -0.4 is 9.80 Å². The zero-order valence-corrected chi connectivity index (χ0v) is 13.8. The van der Waals surface area contributed by atoms with Crippen LogP contribution in [0.3, 0.4) is 0 Å². The van der Waals surface area contributed by atoms with Gasteiger partial charge in [-0.25, -0.2) is 4.39 Å². The third-order valence-electron chi connectivity index (χ3n) is 4.94. The summed E-state index contributed by atoms with van der Waals surface area (Å²) in [7, 11) is 0. The number of rotatable bonds is 2. The van der Waals surface area contributed by atoms with Gasteiger partial charge >= 0.3 is 6.18 Å². The summed E-state index contributed by atoms with van der Waals surface area (Å²) < 4.78 is 53.0. The van der Waals surface area contributed by atoms with E-state index in [0.29, 0.717) is 24.2 Å². The van der Waals surface area contributed by atoms with Crippen molar-refractivity contribution in [2.24, 2.45) is 0 Å².